The maximum Gasteiger partial charge on any atom is 0.357 e. The predicted molar refractivity (Wildman–Crippen MR) is 117 cm³/mol. The Kier molecular flexibility index (Phi) is 6.89. The number of carbonyl (C=O) groups is 1. The second kappa shape index (κ2) is 9.57. The van der Waals surface area contributed by atoms with Crippen molar-refractivity contribution < 1.29 is 9.53 Å². The number of aryl methyl sites for hydroxylation is 1. The number of anilines is 1. The number of rotatable bonds is 7. The summed E-state index contributed by atoms with van der Waals surface area (Å²) in [4.78, 5) is 16.8. The van der Waals surface area contributed by atoms with Gasteiger partial charge in [-0.3, -0.25) is 4.40 Å². The number of thioether (sulfide) groups is 1. The van der Waals surface area contributed by atoms with Crippen LogP contribution in [0.5, 0.6) is 0 Å². The molecule has 0 aliphatic heterocycles. The highest BCUT2D eigenvalue weighted by atomic mass is 32.2. The number of para-hydroxylation sites is 1. The van der Waals surface area contributed by atoms with Crippen molar-refractivity contribution in [3.8, 4) is 0 Å². The van der Waals surface area contributed by atoms with Crippen LogP contribution in [-0.2, 0) is 4.74 Å². The molecule has 0 aliphatic carbocycles. The second-order valence-corrected chi connectivity index (χ2v) is 7.44. The van der Waals surface area contributed by atoms with Crippen molar-refractivity contribution in [1.82, 2.24) is 14.7 Å². The minimum absolute atomic E-state index is 0.330. The summed E-state index contributed by atoms with van der Waals surface area (Å²) >= 11 is 6.95. The molecule has 0 saturated carbocycles. The molecule has 0 unspecified atom stereocenters. The molecule has 0 saturated heterocycles. The van der Waals surface area contributed by atoms with E-state index in [1.54, 1.807) is 18.7 Å². The van der Waals surface area contributed by atoms with Gasteiger partial charge in [0.1, 0.15) is 5.65 Å². The molecule has 146 valence electrons. The number of carbonyl (C=O) groups excluding carboxylic acids is 1. The van der Waals surface area contributed by atoms with Gasteiger partial charge in [0, 0.05) is 18.0 Å². The first kappa shape index (κ1) is 20.2. The van der Waals surface area contributed by atoms with Crippen molar-refractivity contribution in [1.29, 1.82) is 0 Å². The number of hydrogen-bond acceptors (Lipinski definition) is 5. The molecular formula is C20H22N4O2S2. The lowest BCUT2D eigenvalue weighted by Gasteiger charge is -2.11. The van der Waals surface area contributed by atoms with Crippen LogP contribution in [0.25, 0.3) is 5.65 Å². The molecule has 0 atom stereocenters. The fourth-order valence-corrected chi connectivity index (χ4v) is 3.87. The standard InChI is InChI=1S/C20H22N4O2S2/c1-3-26-19(25)18-14(2)22-16-10-7-11-17(24(16)18)28-13-12-21-20(27)23-15-8-5-4-6-9-15/h4-11H,3,12-13H2,1-2H3,(H2,21,23,27). The van der Waals surface area contributed by atoms with Gasteiger partial charge >= 0.3 is 5.97 Å². The van der Waals surface area contributed by atoms with Crippen molar-refractivity contribution in [2.24, 2.45) is 0 Å². The number of imidazole rings is 1. The predicted octanol–water partition coefficient (Wildman–Crippen LogP) is 3.90. The molecule has 1 aromatic carbocycles. The third-order valence-electron chi connectivity index (χ3n) is 3.92. The van der Waals surface area contributed by atoms with Crippen molar-refractivity contribution in [2.45, 2.75) is 18.9 Å². The summed E-state index contributed by atoms with van der Waals surface area (Å²) in [6, 6.07) is 15.6. The zero-order valence-corrected chi connectivity index (χ0v) is 17.4. The lowest BCUT2D eigenvalue weighted by atomic mass is 10.3. The summed E-state index contributed by atoms with van der Waals surface area (Å²) in [6.07, 6.45) is 0. The highest BCUT2D eigenvalue weighted by molar-refractivity contribution is 7.99. The number of thiocarbonyl (C=S) groups is 1. The van der Waals surface area contributed by atoms with Crippen molar-refractivity contribution in [3.05, 3.63) is 59.9 Å². The lowest BCUT2D eigenvalue weighted by Crippen LogP contribution is -2.30. The number of pyridine rings is 1. The van der Waals surface area contributed by atoms with Crippen LogP contribution >= 0.6 is 24.0 Å². The topological polar surface area (TPSA) is 67.7 Å². The van der Waals surface area contributed by atoms with E-state index in [-0.39, 0.29) is 5.97 Å². The Labute approximate surface area is 173 Å². The monoisotopic (exact) mass is 414 g/mol. The van der Waals surface area contributed by atoms with Gasteiger partial charge in [-0.1, -0.05) is 24.3 Å². The molecule has 0 spiro atoms. The second-order valence-electron chi connectivity index (χ2n) is 5.92. The molecule has 0 radical (unpaired) electrons. The van der Waals surface area contributed by atoms with Crippen LogP contribution in [0.15, 0.2) is 53.6 Å². The number of hydrogen-bond donors (Lipinski definition) is 2. The normalized spacial score (nSPS) is 10.6. The zero-order valence-electron chi connectivity index (χ0n) is 15.8. The molecule has 3 aromatic rings. The van der Waals surface area contributed by atoms with Gasteiger partial charge in [0.15, 0.2) is 10.8 Å². The third kappa shape index (κ3) is 4.82. The van der Waals surface area contributed by atoms with Gasteiger partial charge < -0.3 is 15.4 Å². The Morgan fingerprint density at radius 3 is 2.75 bits per heavy atom. The smallest absolute Gasteiger partial charge is 0.357 e. The summed E-state index contributed by atoms with van der Waals surface area (Å²) in [5, 5.41) is 7.86. The van der Waals surface area contributed by atoms with Gasteiger partial charge in [0.05, 0.1) is 17.3 Å². The molecule has 2 aromatic heterocycles. The number of benzene rings is 1. The maximum absolute atomic E-state index is 12.4. The van der Waals surface area contributed by atoms with Crippen LogP contribution < -0.4 is 10.6 Å². The van der Waals surface area contributed by atoms with Crippen LogP contribution in [0, 0.1) is 6.92 Å². The fourth-order valence-electron chi connectivity index (χ4n) is 2.75. The molecule has 8 heteroatoms. The van der Waals surface area contributed by atoms with Gasteiger partial charge in [-0.2, -0.15) is 0 Å². The zero-order chi connectivity index (χ0) is 19.9. The van der Waals surface area contributed by atoms with Crippen LogP contribution in [0.4, 0.5) is 5.69 Å². The number of ether oxygens (including phenoxy) is 1. The van der Waals surface area contributed by atoms with Gasteiger partial charge in [-0.15, -0.1) is 11.8 Å². The SMILES string of the molecule is CCOC(=O)c1c(C)nc2cccc(SCCNC(=S)Nc3ccccc3)n12. The first-order valence-electron chi connectivity index (χ1n) is 8.98. The van der Waals surface area contributed by atoms with Crippen molar-refractivity contribution >= 4 is 46.4 Å². The highest BCUT2D eigenvalue weighted by Crippen LogP contribution is 2.23. The van der Waals surface area contributed by atoms with Crippen LogP contribution in [0.1, 0.15) is 23.1 Å². The quantitative estimate of drug-likeness (QED) is 0.263. The number of nitrogens with zero attached hydrogens (tertiary/aromatic N) is 2. The van der Waals surface area contributed by atoms with E-state index < -0.39 is 0 Å². The molecule has 28 heavy (non-hydrogen) atoms. The molecule has 3 rings (SSSR count). The molecule has 0 aliphatic rings. The summed E-state index contributed by atoms with van der Waals surface area (Å²) in [5.74, 6) is 0.418. The largest absolute Gasteiger partial charge is 0.461 e. The van der Waals surface area contributed by atoms with E-state index in [4.69, 9.17) is 17.0 Å². The maximum atomic E-state index is 12.4. The molecular weight excluding hydrogens is 392 g/mol. The van der Waals surface area contributed by atoms with Crippen molar-refractivity contribution in [3.63, 3.8) is 0 Å². The number of fused-ring (bicyclic) bond motifs is 1. The van der Waals surface area contributed by atoms with Crippen molar-refractivity contribution in [2.75, 3.05) is 24.2 Å². The van der Waals surface area contributed by atoms with E-state index >= 15 is 0 Å². The fraction of sp³-hybridized carbons (Fsp3) is 0.250. The first-order valence-corrected chi connectivity index (χ1v) is 10.4. The van der Waals surface area contributed by atoms with E-state index in [1.807, 2.05) is 59.9 Å². The average molecular weight is 415 g/mol. The van der Waals surface area contributed by atoms with E-state index in [1.165, 1.54) is 0 Å². The Morgan fingerprint density at radius 1 is 1.21 bits per heavy atom. The summed E-state index contributed by atoms with van der Waals surface area (Å²) < 4.78 is 7.06. The van der Waals surface area contributed by atoms with E-state index in [0.717, 1.165) is 22.1 Å². The van der Waals surface area contributed by atoms with E-state index in [9.17, 15) is 4.79 Å². The molecule has 0 fully saturated rings. The van der Waals surface area contributed by atoms with Crippen LogP contribution in [-0.4, -0.2) is 39.4 Å². The molecule has 2 N–H and O–H groups in total. The Balaban J connectivity index is 1.63. The summed E-state index contributed by atoms with van der Waals surface area (Å²) in [6.45, 7) is 4.63. The minimum Gasteiger partial charge on any atom is -0.461 e. The average Bonchev–Trinajstić information content (AvgIpc) is 3.03. The first-order chi connectivity index (χ1) is 13.6. The van der Waals surface area contributed by atoms with E-state index in [2.05, 4.69) is 15.6 Å². The lowest BCUT2D eigenvalue weighted by molar-refractivity contribution is 0.0516. The summed E-state index contributed by atoms with van der Waals surface area (Å²) in [7, 11) is 0. The molecule has 6 nitrogen and oxygen atoms in total. The number of esters is 1. The van der Waals surface area contributed by atoms with Crippen LogP contribution in [0.2, 0.25) is 0 Å². The van der Waals surface area contributed by atoms with Crippen LogP contribution in [0.3, 0.4) is 0 Å². The van der Waals surface area contributed by atoms with Gasteiger partial charge in [0.25, 0.3) is 0 Å². The molecule has 0 bridgehead atoms. The highest BCUT2D eigenvalue weighted by Gasteiger charge is 2.19. The Bertz CT molecular complexity index is 973. The van der Waals surface area contributed by atoms with Gasteiger partial charge in [-0.25, -0.2) is 9.78 Å². The number of aromatic nitrogens is 2. The van der Waals surface area contributed by atoms with Gasteiger partial charge in [-0.05, 0) is 50.3 Å². The Hall–Kier alpha value is -2.58. The summed E-state index contributed by atoms with van der Waals surface area (Å²) in [5.41, 5.74) is 2.83. The Morgan fingerprint density at radius 2 is 2.00 bits per heavy atom. The number of nitrogens with one attached hydrogen (secondary N) is 2. The van der Waals surface area contributed by atoms with Gasteiger partial charge in [0.2, 0.25) is 0 Å². The third-order valence-corrected chi connectivity index (χ3v) is 5.19. The molecule has 0 amide bonds. The molecule has 2 heterocycles. The van der Waals surface area contributed by atoms with E-state index in [0.29, 0.717) is 29.7 Å². The minimum atomic E-state index is -0.355.